The molecule has 1 aliphatic heterocycles. The highest BCUT2D eigenvalue weighted by molar-refractivity contribution is 7.89. The molecular formula is C19H24N2O3S. The minimum atomic E-state index is -3.14. The van der Waals surface area contributed by atoms with Crippen molar-refractivity contribution in [3.05, 3.63) is 48.0 Å². The van der Waals surface area contributed by atoms with Crippen molar-refractivity contribution >= 4 is 26.7 Å². The number of amides is 1. The Balaban J connectivity index is 1.54. The first-order valence-corrected chi connectivity index (χ1v) is 10.3. The number of hydrogen-bond acceptors (Lipinski definition) is 3. The molecule has 25 heavy (non-hydrogen) atoms. The summed E-state index contributed by atoms with van der Waals surface area (Å²) in [5, 5.41) is 5.34. The van der Waals surface area contributed by atoms with E-state index in [1.54, 1.807) is 6.92 Å². The maximum Gasteiger partial charge on any atom is 0.223 e. The van der Waals surface area contributed by atoms with Gasteiger partial charge in [-0.25, -0.2) is 12.7 Å². The van der Waals surface area contributed by atoms with E-state index in [0.29, 0.717) is 32.5 Å². The average Bonchev–Trinajstić information content (AvgIpc) is 2.66. The van der Waals surface area contributed by atoms with Gasteiger partial charge in [0.1, 0.15) is 0 Å². The van der Waals surface area contributed by atoms with Gasteiger partial charge in [0.05, 0.1) is 5.75 Å². The maximum atomic E-state index is 12.4. The van der Waals surface area contributed by atoms with Gasteiger partial charge >= 0.3 is 0 Å². The van der Waals surface area contributed by atoms with E-state index in [9.17, 15) is 13.2 Å². The number of carbonyl (C=O) groups is 1. The van der Waals surface area contributed by atoms with E-state index in [-0.39, 0.29) is 17.6 Å². The van der Waals surface area contributed by atoms with Gasteiger partial charge in [0, 0.05) is 25.6 Å². The number of sulfonamides is 1. The fourth-order valence-electron chi connectivity index (χ4n) is 3.26. The molecule has 5 nitrogen and oxygen atoms in total. The molecule has 1 amide bonds. The predicted octanol–water partition coefficient (Wildman–Crippen LogP) is 2.52. The first-order valence-electron chi connectivity index (χ1n) is 8.73. The second-order valence-corrected chi connectivity index (χ2v) is 8.73. The van der Waals surface area contributed by atoms with Crippen LogP contribution in [0.1, 0.15) is 25.3 Å². The van der Waals surface area contributed by atoms with Crippen LogP contribution in [0, 0.1) is 5.92 Å². The summed E-state index contributed by atoms with van der Waals surface area (Å²) in [7, 11) is -3.14. The summed E-state index contributed by atoms with van der Waals surface area (Å²) in [5.74, 6) is 0.0247. The normalized spacial score (nSPS) is 16.8. The Bertz CT molecular complexity index is 856. The Morgan fingerprint density at radius 3 is 2.48 bits per heavy atom. The molecular weight excluding hydrogens is 336 g/mol. The molecule has 0 aromatic heterocycles. The third-order valence-electron chi connectivity index (χ3n) is 4.86. The van der Waals surface area contributed by atoms with Crippen molar-refractivity contribution in [1.82, 2.24) is 9.62 Å². The van der Waals surface area contributed by atoms with Crippen LogP contribution in [0.5, 0.6) is 0 Å². The molecule has 1 N–H and O–H groups in total. The zero-order valence-electron chi connectivity index (χ0n) is 14.4. The van der Waals surface area contributed by atoms with E-state index in [0.717, 1.165) is 10.9 Å². The van der Waals surface area contributed by atoms with E-state index in [1.165, 1.54) is 9.69 Å². The Hall–Kier alpha value is -1.92. The highest BCUT2D eigenvalue weighted by Gasteiger charge is 2.29. The third-order valence-corrected chi connectivity index (χ3v) is 6.75. The number of nitrogens with zero attached hydrogens (tertiary/aromatic N) is 1. The number of fused-ring (bicyclic) bond motifs is 1. The third kappa shape index (κ3) is 4.19. The number of piperidine rings is 1. The van der Waals surface area contributed by atoms with Gasteiger partial charge < -0.3 is 5.32 Å². The van der Waals surface area contributed by atoms with Crippen molar-refractivity contribution in [2.45, 2.75) is 26.3 Å². The standard InChI is InChI=1S/C19H24N2O3S/c1-2-25(23,24)21-11-9-17(10-12-21)19(22)20-14-15-7-8-16-5-3-4-6-18(16)13-15/h3-8,13,17H,2,9-12,14H2,1H3,(H,20,22). The molecule has 0 unspecified atom stereocenters. The Morgan fingerprint density at radius 1 is 1.12 bits per heavy atom. The van der Waals surface area contributed by atoms with Gasteiger partial charge in [-0.15, -0.1) is 0 Å². The molecule has 0 spiro atoms. The van der Waals surface area contributed by atoms with Gasteiger partial charge in [-0.2, -0.15) is 0 Å². The van der Waals surface area contributed by atoms with Gasteiger partial charge in [0.25, 0.3) is 0 Å². The van der Waals surface area contributed by atoms with Gasteiger partial charge in [0.2, 0.25) is 15.9 Å². The van der Waals surface area contributed by atoms with Gasteiger partial charge in [-0.3, -0.25) is 4.79 Å². The summed E-state index contributed by atoms with van der Waals surface area (Å²) in [5.41, 5.74) is 1.07. The number of hydrogen-bond donors (Lipinski definition) is 1. The van der Waals surface area contributed by atoms with Crippen LogP contribution in [0.15, 0.2) is 42.5 Å². The quantitative estimate of drug-likeness (QED) is 0.891. The van der Waals surface area contributed by atoms with Crippen molar-refractivity contribution in [3.8, 4) is 0 Å². The lowest BCUT2D eigenvalue weighted by atomic mass is 9.97. The lowest BCUT2D eigenvalue weighted by Crippen LogP contribution is -2.43. The molecule has 0 radical (unpaired) electrons. The number of rotatable bonds is 5. The molecule has 1 aliphatic rings. The molecule has 0 bridgehead atoms. The number of nitrogens with one attached hydrogen (secondary N) is 1. The second kappa shape index (κ2) is 7.54. The van der Waals surface area contributed by atoms with E-state index < -0.39 is 10.0 Å². The molecule has 0 saturated carbocycles. The molecule has 1 heterocycles. The van der Waals surface area contributed by atoms with Crippen LogP contribution >= 0.6 is 0 Å². The number of benzene rings is 2. The SMILES string of the molecule is CCS(=O)(=O)N1CCC(C(=O)NCc2ccc3ccccc3c2)CC1. The lowest BCUT2D eigenvalue weighted by Gasteiger charge is -2.30. The van der Waals surface area contributed by atoms with E-state index in [1.807, 2.05) is 18.2 Å². The minimum absolute atomic E-state index is 0.0155. The summed E-state index contributed by atoms with van der Waals surface area (Å²) in [4.78, 5) is 12.4. The maximum absolute atomic E-state index is 12.4. The van der Waals surface area contributed by atoms with Crippen molar-refractivity contribution in [3.63, 3.8) is 0 Å². The van der Waals surface area contributed by atoms with E-state index in [4.69, 9.17) is 0 Å². The average molecular weight is 360 g/mol. The van der Waals surface area contributed by atoms with Crippen molar-refractivity contribution < 1.29 is 13.2 Å². The fourth-order valence-corrected chi connectivity index (χ4v) is 4.39. The molecule has 1 saturated heterocycles. The monoisotopic (exact) mass is 360 g/mol. The molecule has 134 valence electrons. The molecule has 2 aromatic rings. The number of carbonyl (C=O) groups excluding carboxylic acids is 1. The minimum Gasteiger partial charge on any atom is -0.352 e. The largest absolute Gasteiger partial charge is 0.352 e. The summed E-state index contributed by atoms with van der Waals surface area (Å²) >= 11 is 0. The Kier molecular flexibility index (Phi) is 5.39. The topological polar surface area (TPSA) is 66.5 Å². The highest BCUT2D eigenvalue weighted by Crippen LogP contribution is 2.20. The van der Waals surface area contributed by atoms with Crippen LogP contribution in [-0.4, -0.2) is 37.5 Å². The zero-order valence-corrected chi connectivity index (χ0v) is 15.3. The van der Waals surface area contributed by atoms with Crippen molar-refractivity contribution in [2.24, 2.45) is 5.92 Å². The summed E-state index contributed by atoms with van der Waals surface area (Å²) in [6.07, 6.45) is 1.17. The summed E-state index contributed by atoms with van der Waals surface area (Å²) < 4.78 is 25.2. The zero-order chi connectivity index (χ0) is 17.9. The Morgan fingerprint density at radius 2 is 1.80 bits per heavy atom. The fraction of sp³-hybridized carbons (Fsp3) is 0.421. The van der Waals surface area contributed by atoms with Crippen LogP contribution in [0.2, 0.25) is 0 Å². The lowest BCUT2D eigenvalue weighted by molar-refractivity contribution is -0.126. The molecule has 6 heteroatoms. The molecule has 1 fully saturated rings. The van der Waals surface area contributed by atoms with E-state index in [2.05, 4.69) is 29.6 Å². The van der Waals surface area contributed by atoms with Gasteiger partial charge in [-0.05, 0) is 42.2 Å². The van der Waals surface area contributed by atoms with Crippen LogP contribution < -0.4 is 5.32 Å². The molecule has 0 atom stereocenters. The van der Waals surface area contributed by atoms with Crippen molar-refractivity contribution in [2.75, 3.05) is 18.8 Å². The highest BCUT2D eigenvalue weighted by atomic mass is 32.2. The van der Waals surface area contributed by atoms with Crippen molar-refractivity contribution in [1.29, 1.82) is 0 Å². The van der Waals surface area contributed by atoms with Crippen LogP contribution in [0.3, 0.4) is 0 Å². The molecule has 2 aromatic carbocycles. The predicted molar refractivity (Wildman–Crippen MR) is 99.6 cm³/mol. The first kappa shape index (κ1) is 17.9. The molecule has 3 rings (SSSR count). The summed E-state index contributed by atoms with van der Waals surface area (Å²) in [6.45, 7) is 3.02. The molecule has 0 aliphatic carbocycles. The van der Waals surface area contributed by atoms with Gasteiger partial charge in [-0.1, -0.05) is 36.4 Å². The van der Waals surface area contributed by atoms with E-state index >= 15 is 0 Å². The Labute approximate surface area is 149 Å². The second-order valence-electron chi connectivity index (χ2n) is 6.47. The summed E-state index contributed by atoms with van der Waals surface area (Å²) in [6, 6.07) is 14.3. The smallest absolute Gasteiger partial charge is 0.223 e. The van der Waals surface area contributed by atoms with Crippen LogP contribution in [0.25, 0.3) is 10.8 Å². The van der Waals surface area contributed by atoms with Gasteiger partial charge in [0.15, 0.2) is 0 Å². The first-order chi connectivity index (χ1) is 12.0. The van der Waals surface area contributed by atoms with Crippen LogP contribution in [0.4, 0.5) is 0 Å². The van der Waals surface area contributed by atoms with Crippen LogP contribution in [-0.2, 0) is 21.4 Å².